The fourth-order valence-electron chi connectivity index (χ4n) is 9.07. The normalized spacial score (nSPS) is 17.9. The monoisotopic (exact) mass is 828 g/mol. The number of benzene rings is 4. The third-order valence-electron chi connectivity index (χ3n) is 12.3. The van der Waals surface area contributed by atoms with Gasteiger partial charge < -0.3 is 24.8 Å². The summed E-state index contributed by atoms with van der Waals surface area (Å²) in [5.74, 6) is -1.59. The number of rotatable bonds is 13. The van der Waals surface area contributed by atoms with Gasteiger partial charge >= 0.3 is 0 Å². The first-order chi connectivity index (χ1) is 29.7. The second-order valence-electron chi connectivity index (χ2n) is 16.4. The molecule has 3 aliphatic heterocycles. The molecule has 5 heterocycles. The maximum atomic E-state index is 14.0. The lowest BCUT2D eigenvalue weighted by Crippen LogP contribution is -2.46. The van der Waals surface area contributed by atoms with Gasteiger partial charge in [0.15, 0.2) is 5.82 Å². The Bertz CT molecular complexity index is 2550. The number of fused-ring (bicyclic) bond motifs is 2. The number of halogens is 2. The van der Waals surface area contributed by atoms with Gasteiger partial charge in [0, 0.05) is 91.8 Å². The number of aromatic amines is 1. The smallest absolute Gasteiger partial charge is 0.258 e. The molecule has 1 atom stereocenters. The van der Waals surface area contributed by atoms with E-state index in [-0.39, 0.29) is 29.8 Å². The van der Waals surface area contributed by atoms with Crippen LogP contribution in [0, 0.1) is 11.6 Å². The van der Waals surface area contributed by atoms with Crippen molar-refractivity contribution in [1.29, 1.82) is 0 Å². The second-order valence-corrected chi connectivity index (χ2v) is 16.4. The number of nitrogens with zero attached hydrogens (tertiary/aromatic N) is 4. The van der Waals surface area contributed by atoms with Gasteiger partial charge in [0.05, 0.1) is 11.1 Å². The fraction of sp³-hybridized carbons (Fsp3) is 0.362. The summed E-state index contributed by atoms with van der Waals surface area (Å²) in [4.78, 5) is 43.2. The molecule has 0 spiro atoms. The van der Waals surface area contributed by atoms with Gasteiger partial charge in [-0.05, 0) is 123 Å². The molecule has 1 unspecified atom stereocenters. The minimum Gasteiger partial charge on any atom is -0.381 e. The molecule has 0 aliphatic carbocycles. The Hall–Kier alpha value is -6.12. The lowest BCUT2D eigenvalue weighted by atomic mass is 10.0. The predicted molar refractivity (Wildman–Crippen MR) is 232 cm³/mol. The van der Waals surface area contributed by atoms with Gasteiger partial charge in [-0.15, -0.1) is 0 Å². The highest BCUT2D eigenvalue weighted by Gasteiger charge is 2.29. The molecule has 316 valence electrons. The number of anilines is 3. The van der Waals surface area contributed by atoms with Crippen molar-refractivity contribution in [3.8, 4) is 0 Å². The lowest BCUT2D eigenvalue weighted by molar-refractivity contribution is -0.135. The van der Waals surface area contributed by atoms with Crippen LogP contribution < -0.4 is 20.9 Å². The molecule has 3 amide bonds. The van der Waals surface area contributed by atoms with E-state index >= 15 is 0 Å². The van der Waals surface area contributed by atoms with Crippen molar-refractivity contribution >= 4 is 56.7 Å². The summed E-state index contributed by atoms with van der Waals surface area (Å²) in [6, 6.07) is 23.3. The van der Waals surface area contributed by atoms with E-state index in [1.165, 1.54) is 17.7 Å². The fourth-order valence-corrected chi connectivity index (χ4v) is 9.07. The minimum atomic E-state index is -0.623. The first kappa shape index (κ1) is 40.3. The molecule has 0 radical (unpaired) electrons. The number of ether oxygens (including phenoxy) is 1. The van der Waals surface area contributed by atoms with Gasteiger partial charge in [-0.3, -0.25) is 29.7 Å². The molecule has 3 saturated heterocycles. The molecule has 9 rings (SSSR count). The summed E-state index contributed by atoms with van der Waals surface area (Å²) < 4.78 is 35.4. The molecule has 6 aromatic rings. The number of carbonyl (C=O) groups excluding carboxylic acids is 3. The summed E-state index contributed by atoms with van der Waals surface area (Å²) in [6.45, 7) is 5.98. The molecule has 14 heteroatoms. The standard InChI is InChI=1S/C47H50F2N8O4/c48-33-25-31(26-34(49)28-33)24-30-7-10-40-39(27-30)45(54-53-40)52-46(59)38-9-8-36(29-41(38)50-35-14-22-61-23-15-35)56-20-18-55(19-21-56)16-2-1-4-32-5-3-6-42-37(32)13-17-57(42)43-11-12-44(58)51-47(43)60/h3,5-10,13,17,25-29,35,43,50H,1-2,4,11-12,14-16,18-24H2,(H,51,58,60)(H2,52,53,54,59). The number of amides is 3. The zero-order chi connectivity index (χ0) is 41.9. The number of hydrogen-bond donors (Lipinski definition) is 4. The van der Waals surface area contributed by atoms with Crippen LogP contribution in [0.4, 0.5) is 26.0 Å². The molecule has 3 aliphatic rings. The molecular weight excluding hydrogens is 779 g/mol. The Labute approximate surface area is 352 Å². The van der Waals surface area contributed by atoms with E-state index in [0.29, 0.717) is 54.8 Å². The number of H-pyrrole nitrogens is 1. The van der Waals surface area contributed by atoms with Crippen LogP contribution >= 0.6 is 0 Å². The molecule has 3 fully saturated rings. The lowest BCUT2D eigenvalue weighted by Gasteiger charge is -2.36. The van der Waals surface area contributed by atoms with E-state index in [0.717, 1.165) is 104 Å². The van der Waals surface area contributed by atoms with Crippen LogP contribution in [0.3, 0.4) is 0 Å². The zero-order valence-electron chi connectivity index (χ0n) is 34.0. The number of piperazine rings is 1. The van der Waals surface area contributed by atoms with E-state index in [1.807, 2.05) is 41.1 Å². The highest BCUT2D eigenvalue weighted by molar-refractivity contribution is 6.11. The van der Waals surface area contributed by atoms with Gasteiger partial charge in [0.1, 0.15) is 17.7 Å². The number of nitrogens with one attached hydrogen (secondary N) is 4. The predicted octanol–water partition coefficient (Wildman–Crippen LogP) is 7.35. The number of imide groups is 1. The summed E-state index contributed by atoms with van der Waals surface area (Å²) in [5.41, 5.74) is 6.72. The maximum absolute atomic E-state index is 14.0. The van der Waals surface area contributed by atoms with E-state index in [9.17, 15) is 23.2 Å². The largest absolute Gasteiger partial charge is 0.381 e. The Kier molecular flexibility index (Phi) is 11.8. The molecule has 4 aromatic carbocycles. The van der Waals surface area contributed by atoms with Gasteiger partial charge in [-0.1, -0.05) is 18.2 Å². The highest BCUT2D eigenvalue weighted by Crippen LogP contribution is 2.31. The molecule has 0 bridgehead atoms. The van der Waals surface area contributed by atoms with Crippen molar-refractivity contribution in [2.24, 2.45) is 0 Å². The molecule has 12 nitrogen and oxygen atoms in total. The van der Waals surface area contributed by atoms with Crippen molar-refractivity contribution < 1.29 is 27.9 Å². The van der Waals surface area contributed by atoms with Crippen molar-refractivity contribution in [2.45, 2.75) is 63.5 Å². The van der Waals surface area contributed by atoms with E-state index in [2.05, 4.69) is 66.3 Å². The average molecular weight is 829 g/mol. The quantitative estimate of drug-likeness (QED) is 0.0702. The number of aromatic nitrogens is 3. The van der Waals surface area contributed by atoms with Gasteiger partial charge in [0.25, 0.3) is 5.91 Å². The first-order valence-electron chi connectivity index (χ1n) is 21.4. The summed E-state index contributed by atoms with van der Waals surface area (Å²) in [7, 11) is 0. The maximum Gasteiger partial charge on any atom is 0.258 e. The van der Waals surface area contributed by atoms with Crippen molar-refractivity contribution in [2.75, 3.05) is 61.5 Å². The number of piperidine rings is 1. The molecule has 61 heavy (non-hydrogen) atoms. The van der Waals surface area contributed by atoms with Gasteiger partial charge in [0.2, 0.25) is 11.8 Å². The van der Waals surface area contributed by atoms with Crippen LogP contribution in [0.15, 0.2) is 85.1 Å². The number of carbonyl (C=O) groups is 3. The van der Waals surface area contributed by atoms with Crippen LogP contribution in [0.5, 0.6) is 0 Å². The third-order valence-corrected chi connectivity index (χ3v) is 12.3. The third kappa shape index (κ3) is 9.15. The van der Waals surface area contributed by atoms with Gasteiger partial charge in [-0.25, -0.2) is 8.78 Å². The Morgan fingerprint density at radius 1 is 0.852 bits per heavy atom. The first-order valence-corrected chi connectivity index (χ1v) is 21.4. The van der Waals surface area contributed by atoms with E-state index in [1.54, 1.807) is 0 Å². The highest BCUT2D eigenvalue weighted by atomic mass is 19.1. The Morgan fingerprint density at radius 3 is 2.48 bits per heavy atom. The minimum absolute atomic E-state index is 0.172. The van der Waals surface area contributed by atoms with Crippen LogP contribution in [-0.2, 0) is 27.2 Å². The topological polar surface area (TPSA) is 137 Å². The van der Waals surface area contributed by atoms with E-state index in [4.69, 9.17) is 4.74 Å². The number of aryl methyl sites for hydroxylation is 1. The van der Waals surface area contributed by atoms with Crippen LogP contribution in [0.1, 0.15) is 71.6 Å². The number of hydrogen-bond acceptors (Lipinski definition) is 8. The SMILES string of the molecule is O=C1CCC(n2ccc3c(CCCCN4CCN(c5ccc(C(=O)Nc6n[nH]c7ccc(Cc8cc(F)cc(F)c8)cc67)c(NC6CCOCC6)c5)CC4)cccc32)C(=O)N1. The van der Waals surface area contributed by atoms with Crippen molar-refractivity contribution in [3.05, 3.63) is 119 Å². The second kappa shape index (κ2) is 17.8. The van der Waals surface area contributed by atoms with Crippen LogP contribution in [0.2, 0.25) is 0 Å². The summed E-state index contributed by atoms with van der Waals surface area (Å²) in [6.07, 6.45) is 7.94. The van der Waals surface area contributed by atoms with Gasteiger partial charge in [-0.2, -0.15) is 5.10 Å². The summed E-state index contributed by atoms with van der Waals surface area (Å²) >= 11 is 0. The Balaban J connectivity index is 0.822. The molecule has 2 aromatic heterocycles. The number of unbranched alkanes of at least 4 members (excludes halogenated alkanes) is 1. The average Bonchev–Trinajstić information content (AvgIpc) is 3.87. The summed E-state index contributed by atoms with van der Waals surface area (Å²) in [5, 5.41) is 18.4. The van der Waals surface area contributed by atoms with E-state index < -0.39 is 11.6 Å². The van der Waals surface area contributed by atoms with Crippen LogP contribution in [0.25, 0.3) is 21.8 Å². The zero-order valence-corrected chi connectivity index (χ0v) is 34.0. The van der Waals surface area contributed by atoms with Crippen molar-refractivity contribution in [3.63, 3.8) is 0 Å². The molecule has 0 saturated carbocycles. The Morgan fingerprint density at radius 2 is 1.67 bits per heavy atom. The molecule has 4 N–H and O–H groups in total. The molecular formula is C47H50F2N8O4. The van der Waals surface area contributed by atoms with Crippen molar-refractivity contribution in [1.82, 2.24) is 25.0 Å². The van der Waals surface area contributed by atoms with Crippen LogP contribution in [-0.4, -0.2) is 89.4 Å².